The molecule has 1 aromatic rings. The van der Waals surface area contributed by atoms with E-state index in [2.05, 4.69) is 19.2 Å². The molecule has 1 saturated carbocycles. The fourth-order valence-electron chi connectivity index (χ4n) is 4.29. The average Bonchev–Trinajstić information content (AvgIpc) is 2.82. The zero-order valence-corrected chi connectivity index (χ0v) is 16.0. The van der Waals surface area contributed by atoms with E-state index in [1.54, 1.807) is 12.1 Å². The number of hydrogen-bond acceptors (Lipinski definition) is 3. The highest BCUT2D eigenvalue weighted by Crippen LogP contribution is 2.33. The summed E-state index contributed by atoms with van der Waals surface area (Å²) in [7, 11) is 0. The smallest absolute Gasteiger partial charge is 0.335 e. The van der Waals surface area contributed by atoms with E-state index in [0.717, 1.165) is 54.5 Å². The summed E-state index contributed by atoms with van der Waals surface area (Å²) >= 11 is 0. The Hall–Kier alpha value is -2.10. The summed E-state index contributed by atoms with van der Waals surface area (Å²) in [5.41, 5.74) is 3.64. The van der Waals surface area contributed by atoms with Crippen LogP contribution >= 0.6 is 0 Å². The van der Waals surface area contributed by atoms with Gasteiger partial charge in [-0.05, 0) is 57.2 Å². The van der Waals surface area contributed by atoms with Crippen LogP contribution in [0.5, 0.6) is 0 Å². The number of carboxylic acids is 1. The third-order valence-corrected chi connectivity index (χ3v) is 5.62. The Bertz CT molecular complexity index is 753. The largest absolute Gasteiger partial charge is 0.478 e. The molecule has 1 heterocycles. The molecule has 0 saturated heterocycles. The second-order valence-electron chi connectivity index (χ2n) is 8.46. The van der Waals surface area contributed by atoms with Gasteiger partial charge < -0.3 is 10.4 Å². The van der Waals surface area contributed by atoms with Crippen LogP contribution in [0.25, 0.3) is 5.70 Å². The van der Waals surface area contributed by atoms with Gasteiger partial charge in [0.15, 0.2) is 5.78 Å². The molecule has 0 radical (unpaired) electrons. The van der Waals surface area contributed by atoms with Gasteiger partial charge in [-0.2, -0.15) is 0 Å². The first-order valence-corrected chi connectivity index (χ1v) is 9.68. The molecule has 0 aromatic heterocycles. The molecule has 0 spiro atoms. The lowest BCUT2D eigenvalue weighted by molar-refractivity contribution is -0.118. The number of benzene rings is 1. The molecule has 4 nitrogen and oxygen atoms in total. The van der Waals surface area contributed by atoms with E-state index in [9.17, 15) is 14.7 Å². The summed E-state index contributed by atoms with van der Waals surface area (Å²) in [6, 6.07) is 3.69. The third kappa shape index (κ3) is 4.00. The van der Waals surface area contributed by atoms with Crippen LogP contribution in [0.3, 0.4) is 0 Å². The van der Waals surface area contributed by atoms with Crippen molar-refractivity contribution in [3.8, 4) is 0 Å². The zero-order chi connectivity index (χ0) is 18.9. The minimum atomic E-state index is -0.926. The van der Waals surface area contributed by atoms with Gasteiger partial charge in [-0.15, -0.1) is 0 Å². The van der Waals surface area contributed by atoms with E-state index < -0.39 is 5.97 Å². The molecule has 2 aliphatic rings. The Morgan fingerprint density at radius 2 is 1.81 bits per heavy atom. The number of hydrogen-bond donors (Lipinski definition) is 2. The van der Waals surface area contributed by atoms with E-state index >= 15 is 0 Å². The van der Waals surface area contributed by atoms with Gasteiger partial charge in [0, 0.05) is 28.8 Å². The highest BCUT2D eigenvalue weighted by Gasteiger charge is 2.30. The fraction of sp³-hybridized carbons (Fsp3) is 0.545. The van der Waals surface area contributed by atoms with Crippen LogP contribution in [0.2, 0.25) is 0 Å². The predicted molar refractivity (Wildman–Crippen MR) is 103 cm³/mol. The molecule has 4 heteroatoms. The van der Waals surface area contributed by atoms with Crippen LogP contribution in [0.15, 0.2) is 18.2 Å². The Labute approximate surface area is 155 Å². The van der Waals surface area contributed by atoms with Crippen LogP contribution in [0.1, 0.15) is 79.4 Å². The van der Waals surface area contributed by atoms with Gasteiger partial charge in [0.2, 0.25) is 0 Å². The van der Waals surface area contributed by atoms with Crippen LogP contribution in [-0.2, 0) is 11.2 Å². The number of carbonyl (C=O) groups excluding carboxylic acids is 1. The minimum Gasteiger partial charge on any atom is -0.478 e. The molecule has 3 rings (SSSR count). The number of carbonyl (C=O) groups is 2. The Balaban J connectivity index is 2.00. The van der Waals surface area contributed by atoms with Gasteiger partial charge in [0.25, 0.3) is 0 Å². The molecule has 0 unspecified atom stereocenters. The van der Waals surface area contributed by atoms with E-state index in [1.807, 2.05) is 13.0 Å². The monoisotopic (exact) mass is 355 g/mol. The fourth-order valence-corrected chi connectivity index (χ4v) is 4.29. The predicted octanol–water partition coefficient (Wildman–Crippen LogP) is 4.50. The van der Waals surface area contributed by atoms with Crippen molar-refractivity contribution in [1.82, 2.24) is 5.32 Å². The number of fused-ring (bicyclic) bond motifs is 1. The van der Waals surface area contributed by atoms with Crippen LogP contribution in [-0.4, -0.2) is 22.4 Å². The van der Waals surface area contributed by atoms with E-state index in [-0.39, 0.29) is 17.2 Å². The van der Waals surface area contributed by atoms with Crippen molar-refractivity contribution in [2.45, 2.75) is 71.3 Å². The molecular formula is C22H29NO3. The van der Waals surface area contributed by atoms with Crippen molar-refractivity contribution < 1.29 is 14.7 Å². The summed E-state index contributed by atoms with van der Waals surface area (Å²) in [5, 5.41) is 12.9. The van der Waals surface area contributed by atoms with Gasteiger partial charge in [0.1, 0.15) is 0 Å². The Morgan fingerprint density at radius 1 is 1.15 bits per heavy atom. The molecule has 1 fully saturated rings. The van der Waals surface area contributed by atoms with Gasteiger partial charge in [0.05, 0.1) is 5.56 Å². The average molecular weight is 355 g/mol. The molecule has 0 bridgehead atoms. The summed E-state index contributed by atoms with van der Waals surface area (Å²) in [6.45, 7) is 6.06. The summed E-state index contributed by atoms with van der Waals surface area (Å²) in [5.74, 6) is -0.648. The normalized spacial score (nSPS) is 21.6. The lowest BCUT2D eigenvalue weighted by Gasteiger charge is -2.36. The Kier molecular flexibility index (Phi) is 5.22. The van der Waals surface area contributed by atoms with E-state index in [4.69, 9.17) is 0 Å². The lowest BCUT2D eigenvalue weighted by Crippen LogP contribution is -2.44. The quantitative estimate of drug-likeness (QED) is 0.619. The standard InChI is InChI=1S/C22H29NO3/c1-14-10-16-13-22(2,3)23-19(18(16)11-17(14)21(25)26)12-20(24)15-8-6-4-5-7-9-15/h10-12,15,23H,4-9,13H2,1-3H3,(H,25,26). The van der Waals surface area contributed by atoms with Crippen LogP contribution in [0.4, 0.5) is 0 Å². The minimum absolute atomic E-state index is 0.102. The summed E-state index contributed by atoms with van der Waals surface area (Å²) in [6.07, 6.45) is 9.15. The van der Waals surface area contributed by atoms with Gasteiger partial charge in [-0.1, -0.05) is 31.7 Å². The summed E-state index contributed by atoms with van der Waals surface area (Å²) in [4.78, 5) is 24.4. The van der Waals surface area contributed by atoms with Crippen LogP contribution < -0.4 is 5.32 Å². The lowest BCUT2D eigenvalue weighted by atomic mass is 9.83. The number of aryl methyl sites for hydroxylation is 1. The first-order valence-electron chi connectivity index (χ1n) is 9.68. The molecule has 1 aromatic carbocycles. The van der Waals surface area contributed by atoms with Crippen molar-refractivity contribution in [2.75, 3.05) is 0 Å². The second-order valence-corrected chi connectivity index (χ2v) is 8.46. The molecule has 0 atom stereocenters. The number of carboxylic acid groups (broad SMARTS) is 1. The highest BCUT2D eigenvalue weighted by atomic mass is 16.4. The van der Waals surface area contributed by atoms with Gasteiger partial charge in [-0.25, -0.2) is 4.79 Å². The van der Waals surface area contributed by atoms with Crippen LogP contribution in [0, 0.1) is 12.8 Å². The van der Waals surface area contributed by atoms with Gasteiger partial charge in [-0.3, -0.25) is 4.79 Å². The molecule has 26 heavy (non-hydrogen) atoms. The first-order chi connectivity index (χ1) is 12.3. The number of nitrogens with one attached hydrogen (secondary N) is 1. The SMILES string of the molecule is Cc1cc2c(cc1C(=O)O)C(=CC(=O)C1CCCCCC1)NC(C)(C)C2. The molecule has 140 valence electrons. The molecule has 2 N–H and O–H groups in total. The Morgan fingerprint density at radius 3 is 2.42 bits per heavy atom. The van der Waals surface area contributed by atoms with Crippen molar-refractivity contribution in [3.05, 3.63) is 40.5 Å². The first kappa shape index (κ1) is 18.7. The number of allylic oxidation sites excluding steroid dienone is 1. The van der Waals surface area contributed by atoms with Crippen molar-refractivity contribution in [1.29, 1.82) is 0 Å². The topological polar surface area (TPSA) is 66.4 Å². The summed E-state index contributed by atoms with van der Waals surface area (Å²) < 4.78 is 0. The van der Waals surface area contributed by atoms with Gasteiger partial charge >= 0.3 is 5.97 Å². The number of rotatable bonds is 3. The maximum absolute atomic E-state index is 12.9. The third-order valence-electron chi connectivity index (χ3n) is 5.62. The maximum atomic E-state index is 12.9. The number of ketones is 1. The molecule has 0 amide bonds. The second kappa shape index (κ2) is 7.26. The molecule has 1 aliphatic carbocycles. The number of aromatic carboxylic acids is 1. The molecular weight excluding hydrogens is 326 g/mol. The van der Waals surface area contributed by atoms with Crippen molar-refractivity contribution in [2.24, 2.45) is 5.92 Å². The van der Waals surface area contributed by atoms with E-state index in [1.165, 1.54) is 12.8 Å². The van der Waals surface area contributed by atoms with Crippen molar-refractivity contribution in [3.63, 3.8) is 0 Å². The van der Waals surface area contributed by atoms with Crippen molar-refractivity contribution >= 4 is 17.4 Å². The maximum Gasteiger partial charge on any atom is 0.335 e. The van der Waals surface area contributed by atoms with E-state index in [0.29, 0.717) is 5.56 Å². The highest BCUT2D eigenvalue weighted by molar-refractivity contribution is 5.99. The zero-order valence-electron chi connectivity index (χ0n) is 16.0. The molecule has 1 aliphatic heterocycles.